The van der Waals surface area contributed by atoms with Gasteiger partial charge in [-0.25, -0.2) is 4.79 Å². The molecule has 242 valence electrons. The van der Waals surface area contributed by atoms with Crippen molar-refractivity contribution in [3.8, 4) is 11.5 Å². The summed E-state index contributed by atoms with van der Waals surface area (Å²) in [6.07, 6.45) is -14.5. The molecule has 2 aliphatic heterocycles. The molecular formula is C32H31NO13. The van der Waals surface area contributed by atoms with E-state index in [0.717, 1.165) is 0 Å². The third-order valence-electron chi connectivity index (χ3n) is 9.13. The van der Waals surface area contributed by atoms with Crippen molar-refractivity contribution in [1.29, 1.82) is 5.41 Å². The summed E-state index contributed by atoms with van der Waals surface area (Å²) in [6.45, 7) is 4.61. The summed E-state index contributed by atoms with van der Waals surface area (Å²) in [4.78, 5) is 26.6. The fraction of sp³-hybridized carbons (Fsp3) is 0.406. The molecular weight excluding hydrogens is 606 g/mol. The molecule has 46 heavy (non-hydrogen) atoms. The van der Waals surface area contributed by atoms with E-state index in [1.165, 1.54) is 38.1 Å². The Balaban J connectivity index is 1.41. The van der Waals surface area contributed by atoms with Crippen LogP contribution in [0.3, 0.4) is 0 Å². The van der Waals surface area contributed by atoms with Crippen LogP contribution < -0.4 is 21.1 Å². The summed E-state index contributed by atoms with van der Waals surface area (Å²) < 4.78 is 29.3. The molecule has 2 fully saturated rings. The topological polar surface area (TPSA) is 229 Å². The highest BCUT2D eigenvalue weighted by Crippen LogP contribution is 2.45. The van der Waals surface area contributed by atoms with E-state index in [4.69, 9.17) is 28.8 Å². The lowest BCUT2D eigenvalue weighted by atomic mass is 9.92. The van der Waals surface area contributed by atoms with E-state index in [1.807, 2.05) is 0 Å². The summed E-state index contributed by atoms with van der Waals surface area (Å²) in [6, 6.07) is 7.56. The average Bonchev–Trinajstić information content (AvgIpc) is 3.02. The van der Waals surface area contributed by atoms with Crippen LogP contribution in [0, 0.1) is 12.3 Å². The monoisotopic (exact) mass is 637 g/mol. The van der Waals surface area contributed by atoms with Gasteiger partial charge in [-0.05, 0) is 32.4 Å². The van der Waals surface area contributed by atoms with E-state index in [2.05, 4.69) is 0 Å². The molecule has 0 aliphatic carbocycles. The van der Waals surface area contributed by atoms with Gasteiger partial charge in [-0.2, -0.15) is 0 Å². The number of phenols is 1. The Kier molecular flexibility index (Phi) is 7.19. The third-order valence-corrected chi connectivity index (χ3v) is 9.13. The largest absolute Gasteiger partial charge is 0.507 e. The number of fused-ring (bicyclic) bond motifs is 2. The molecule has 1 aromatic heterocycles. The number of hydrogen-bond donors (Lipinski definition) is 7. The standard InChI is InChI=1S/C32H31NO13/c1-9-7-8-13-17-15(9)30(41)45-28-16-12(23(36)19(18(17)28)20(33)24(13)37)5-4-6-14(16)44-32-29(26(39)22(35)11(3)43-32)46-31-27(40)25(38)21(34)10(2)42-31/h4-8,10-11,21-22,25-27,29,31-36,38-40H,1-3H3/t10-,11+,21+,22+,25+,26+,27?,29-,31-,32+/m1/s1. The van der Waals surface area contributed by atoms with Crippen LogP contribution in [0.4, 0.5) is 0 Å². The highest BCUT2D eigenvalue weighted by atomic mass is 16.8. The van der Waals surface area contributed by atoms with Gasteiger partial charge in [0.05, 0.1) is 28.4 Å². The molecule has 4 aromatic carbocycles. The van der Waals surface area contributed by atoms with E-state index in [-0.39, 0.29) is 49.0 Å². The number of aliphatic hydroxyl groups excluding tert-OH is 5. The maximum Gasteiger partial charge on any atom is 0.344 e. The van der Waals surface area contributed by atoms with Gasteiger partial charge in [0.15, 0.2) is 18.0 Å². The SMILES string of the molecule is Cc1ccc2c(=O)c(=N)c3c(O)c4cccc(O[C@@H]5O[C@@H](C)[C@H](O)[C@H](O)[C@H]5O[C@H]5O[C@H](C)[C@H](O)[C@H](O)C5O)c4c4oc(=O)c1c2c34. The van der Waals surface area contributed by atoms with Crippen LogP contribution in [0.15, 0.2) is 44.3 Å². The van der Waals surface area contributed by atoms with Gasteiger partial charge in [-0.3, -0.25) is 10.2 Å². The summed E-state index contributed by atoms with van der Waals surface area (Å²) in [5.74, 6) is -0.446. The number of hydrogen-bond acceptors (Lipinski definition) is 14. The summed E-state index contributed by atoms with van der Waals surface area (Å²) in [5.41, 5.74) is -0.958. The molecule has 0 spiro atoms. The van der Waals surface area contributed by atoms with Gasteiger partial charge in [-0.15, -0.1) is 0 Å². The number of nitrogens with one attached hydrogen (secondary N) is 1. The Bertz CT molecular complexity index is 2170. The number of ether oxygens (including phenoxy) is 4. The quantitative estimate of drug-likeness (QED) is 0.0785. The smallest absolute Gasteiger partial charge is 0.344 e. The number of phenolic OH excluding ortho intramolecular Hbond substituents is 1. The normalized spacial score (nSPS) is 32.2. The lowest BCUT2D eigenvalue weighted by Crippen LogP contribution is -2.63. The van der Waals surface area contributed by atoms with Crippen molar-refractivity contribution in [3.63, 3.8) is 0 Å². The molecule has 3 heterocycles. The maximum absolute atomic E-state index is 13.4. The van der Waals surface area contributed by atoms with Gasteiger partial charge in [0, 0.05) is 21.5 Å². The van der Waals surface area contributed by atoms with E-state index >= 15 is 0 Å². The van der Waals surface area contributed by atoms with Gasteiger partial charge in [0.25, 0.3) is 0 Å². The minimum atomic E-state index is -1.74. The highest BCUT2D eigenvalue weighted by molar-refractivity contribution is 6.29. The zero-order chi connectivity index (χ0) is 32.9. The summed E-state index contributed by atoms with van der Waals surface area (Å²) in [5, 5.41) is 72.9. The summed E-state index contributed by atoms with van der Waals surface area (Å²) in [7, 11) is 0. The molecule has 7 N–H and O–H groups in total. The molecule has 0 saturated carbocycles. The second kappa shape index (κ2) is 10.8. The molecule has 0 amide bonds. The molecule has 7 rings (SSSR count). The van der Waals surface area contributed by atoms with Crippen LogP contribution in [0.2, 0.25) is 0 Å². The van der Waals surface area contributed by atoms with E-state index in [0.29, 0.717) is 5.56 Å². The first-order valence-corrected chi connectivity index (χ1v) is 14.7. The zero-order valence-electron chi connectivity index (χ0n) is 24.7. The summed E-state index contributed by atoms with van der Waals surface area (Å²) >= 11 is 0. The predicted octanol–water partition coefficient (Wildman–Crippen LogP) is 0.0400. The fourth-order valence-corrected chi connectivity index (χ4v) is 6.59. The number of aliphatic hydroxyl groups is 5. The van der Waals surface area contributed by atoms with Crippen molar-refractivity contribution in [3.05, 3.63) is 61.9 Å². The highest BCUT2D eigenvalue weighted by Gasteiger charge is 2.50. The van der Waals surface area contributed by atoms with Crippen molar-refractivity contribution < 1.29 is 54.0 Å². The van der Waals surface area contributed by atoms with E-state index in [1.54, 1.807) is 13.0 Å². The Labute approximate surface area is 258 Å². The molecule has 2 saturated heterocycles. The third kappa shape index (κ3) is 4.30. The lowest BCUT2D eigenvalue weighted by molar-refractivity contribution is -0.352. The fourth-order valence-electron chi connectivity index (χ4n) is 6.59. The maximum atomic E-state index is 13.4. The zero-order valence-corrected chi connectivity index (χ0v) is 24.7. The average molecular weight is 638 g/mol. The van der Waals surface area contributed by atoms with Crippen molar-refractivity contribution in [2.75, 3.05) is 0 Å². The number of rotatable bonds is 4. The van der Waals surface area contributed by atoms with Crippen molar-refractivity contribution in [1.82, 2.24) is 0 Å². The van der Waals surface area contributed by atoms with Crippen molar-refractivity contribution in [2.24, 2.45) is 0 Å². The van der Waals surface area contributed by atoms with Crippen LogP contribution in [0.5, 0.6) is 11.5 Å². The first-order valence-electron chi connectivity index (χ1n) is 14.7. The number of benzene rings is 4. The van der Waals surface area contributed by atoms with E-state index in [9.17, 15) is 40.2 Å². The molecule has 14 nitrogen and oxygen atoms in total. The molecule has 1 unspecified atom stereocenters. The van der Waals surface area contributed by atoms with Gasteiger partial charge >= 0.3 is 5.63 Å². The second-order valence-electron chi connectivity index (χ2n) is 12.0. The Hall–Kier alpha value is -3.99. The second-order valence-corrected chi connectivity index (χ2v) is 12.0. The molecule has 0 bridgehead atoms. The first kappa shape index (κ1) is 30.7. The van der Waals surface area contributed by atoms with E-state index < -0.39 is 83.6 Å². The van der Waals surface area contributed by atoms with Crippen LogP contribution in [0.1, 0.15) is 19.4 Å². The van der Waals surface area contributed by atoms with Gasteiger partial charge in [-0.1, -0.05) is 24.3 Å². The predicted molar refractivity (Wildman–Crippen MR) is 160 cm³/mol. The molecule has 14 heteroatoms. The molecule has 10 atom stereocenters. The Morgan fingerprint density at radius 2 is 1.41 bits per heavy atom. The van der Waals surface area contributed by atoms with Gasteiger partial charge in [0.1, 0.15) is 47.4 Å². The Morgan fingerprint density at radius 1 is 0.739 bits per heavy atom. The van der Waals surface area contributed by atoms with Crippen molar-refractivity contribution >= 4 is 43.3 Å². The lowest BCUT2D eigenvalue weighted by Gasteiger charge is -2.45. The molecule has 0 radical (unpaired) electrons. The molecule has 2 aliphatic rings. The van der Waals surface area contributed by atoms with Crippen molar-refractivity contribution in [2.45, 2.75) is 82.2 Å². The van der Waals surface area contributed by atoms with Gasteiger partial charge < -0.3 is 54.0 Å². The molecule has 5 aromatic rings. The minimum Gasteiger partial charge on any atom is -0.507 e. The van der Waals surface area contributed by atoms with Gasteiger partial charge in [0.2, 0.25) is 11.7 Å². The Morgan fingerprint density at radius 3 is 2.13 bits per heavy atom. The van der Waals surface area contributed by atoms with Crippen LogP contribution in [0.25, 0.3) is 43.3 Å². The van der Waals surface area contributed by atoms with Crippen LogP contribution in [-0.4, -0.2) is 92.1 Å². The van der Waals surface area contributed by atoms with Crippen LogP contribution in [-0.2, 0) is 14.2 Å². The van der Waals surface area contributed by atoms with Crippen LogP contribution >= 0.6 is 0 Å². The minimum absolute atomic E-state index is 0.0252. The number of aryl methyl sites for hydroxylation is 1. The first-order chi connectivity index (χ1) is 21.8. The number of aromatic hydroxyl groups is 1.